The summed E-state index contributed by atoms with van der Waals surface area (Å²) < 4.78 is 1.33. The summed E-state index contributed by atoms with van der Waals surface area (Å²) >= 11 is 5.22. The molecule has 0 saturated heterocycles. The Hall–Kier alpha value is -0.600. The van der Waals surface area contributed by atoms with E-state index in [2.05, 4.69) is 52.8 Å². The van der Waals surface area contributed by atoms with Crippen LogP contribution in [0.2, 0.25) is 0 Å². The molecule has 0 N–H and O–H groups in total. The highest BCUT2D eigenvalue weighted by molar-refractivity contribution is 9.09. The van der Waals surface area contributed by atoms with E-state index < -0.39 is 0 Å². The molecule has 0 radical (unpaired) electrons. The van der Waals surface area contributed by atoms with E-state index in [0.29, 0.717) is 0 Å². The Labute approximate surface area is 90.0 Å². The lowest BCUT2D eigenvalue weighted by Crippen LogP contribution is -1.74. The molecule has 2 rings (SSSR count). The van der Waals surface area contributed by atoms with Crippen LogP contribution in [0.1, 0.15) is 4.88 Å². The molecule has 0 atom stereocenters. The number of rotatable bonds is 2. The molecule has 0 aliphatic rings. The van der Waals surface area contributed by atoms with Gasteiger partial charge in [0.15, 0.2) is 0 Å². The number of thiophene rings is 1. The summed E-state index contributed by atoms with van der Waals surface area (Å²) in [5.74, 6) is 0. The summed E-state index contributed by atoms with van der Waals surface area (Å²) in [7, 11) is 0. The SMILES string of the molecule is C=C(CBr)c1cc2ccccc2s1. The summed E-state index contributed by atoms with van der Waals surface area (Å²) in [6, 6.07) is 10.6. The first-order chi connectivity index (χ1) is 6.31. The Bertz CT molecular complexity index is 409. The average molecular weight is 253 g/mol. The van der Waals surface area contributed by atoms with Crippen LogP contribution in [0, 0.1) is 0 Å². The zero-order chi connectivity index (χ0) is 9.26. The van der Waals surface area contributed by atoms with Gasteiger partial charge in [0, 0.05) is 14.9 Å². The second kappa shape index (κ2) is 3.64. The Morgan fingerprint density at radius 2 is 2.15 bits per heavy atom. The van der Waals surface area contributed by atoms with Gasteiger partial charge in [-0.05, 0) is 23.1 Å². The van der Waals surface area contributed by atoms with Gasteiger partial charge in [0.2, 0.25) is 0 Å². The van der Waals surface area contributed by atoms with E-state index in [1.165, 1.54) is 15.0 Å². The van der Waals surface area contributed by atoms with Crippen molar-refractivity contribution >= 4 is 42.9 Å². The van der Waals surface area contributed by atoms with Crippen molar-refractivity contribution in [3.63, 3.8) is 0 Å². The maximum atomic E-state index is 4.00. The molecule has 2 aromatic rings. The molecule has 0 spiro atoms. The van der Waals surface area contributed by atoms with E-state index in [1.54, 1.807) is 11.3 Å². The molecule has 1 aromatic heterocycles. The lowest BCUT2D eigenvalue weighted by Gasteiger charge is -1.92. The van der Waals surface area contributed by atoms with Crippen molar-refractivity contribution in [1.82, 2.24) is 0 Å². The number of hydrogen-bond acceptors (Lipinski definition) is 1. The molecular weight excluding hydrogens is 244 g/mol. The Morgan fingerprint density at radius 1 is 1.38 bits per heavy atom. The lowest BCUT2D eigenvalue weighted by molar-refractivity contribution is 1.79. The fraction of sp³-hybridized carbons (Fsp3) is 0.0909. The zero-order valence-electron chi connectivity index (χ0n) is 7.09. The number of alkyl halides is 1. The molecule has 0 aliphatic carbocycles. The Kier molecular flexibility index (Phi) is 2.51. The van der Waals surface area contributed by atoms with E-state index >= 15 is 0 Å². The van der Waals surface area contributed by atoms with Crippen molar-refractivity contribution in [3.05, 3.63) is 41.8 Å². The average Bonchev–Trinajstić information content (AvgIpc) is 2.59. The van der Waals surface area contributed by atoms with Gasteiger partial charge >= 0.3 is 0 Å². The molecule has 0 bridgehead atoms. The van der Waals surface area contributed by atoms with Crippen LogP contribution in [0.4, 0.5) is 0 Å². The van der Waals surface area contributed by atoms with Crippen LogP contribution in [0.3, 0.4) is 0 Å². The monoisotopic (exact) mass is 252 g/mol. The van der Waals surface area contributed by atoms with Gasteiger partial charge in [-0.2, -0.15) is 0 Å². The van der Waals surface area contributed by atoms with Gasteiger partial charge in [-0.25, -0.2) is 0 Å². The van der Waals surface area contributed by atoms with Crippen LogP contribution in [0.25, 0.3) is 15.7 Å². The van der Waals surface area contributed by atoms with E-state index in [9.17, 15) is 0 Å². The van der Waals surface area contributed by atoms with Crippen molar-refractivity contribution in [2.24, 2.45) is 0 Å². The largest absolute Gasteiger partial charge is 0.136 e. The topological polar surface area (TPSA) is 0 Å². The maximum absolute atomic E-state index is 4.00. The third kappa shape index (κ3) is 1.69. The predicted octanol–water partition coefficient (Wildman–Crippen LogP) is 4.31. The Balaban J connectivity index is 2.56. The first kappa shape index (κ1) is 8.97. The number of halogens is 1. The van der Waals surface area contributed by atoms with Crippen LogP contribution in [-0.2, 0) is 0 Å². The quantitative estimate of drug-likeness (QED) is 0.699. The summed E-state index contributed by atoms with van der Waals surface area (Å²) in [4.78, 5) is 1.28. The molecule has 0 saturated carbocycles. The molecule has 13 heavy (non-hydrogen) atoms. The van der Waals surface area contributed by atoms with Crippen LogP contribution < -0.4 is 0 Å². The number of benzene rings is 1. The molecule has 0 fully saturated rings. The highest BCUT2D eigenvalue weighted by Gasteiger charge is 2.02. The summed E-state index contributed by atoms with van der Waals surface area (Å²) in [6.45, 7) is 4.00. The van der Waals surface area contributed by atoms with E-state index in [4.69, 9.17) is 0 Å². The first-order valence-corrected chi connectivity index (χ1v) is 5.98. The molecule has 66 valence electrons. The van der Waals surface area contributed by atoms with Crippen molar-refractivity contribution < 1.29 is 0 Å². The van der Waals surface area contributed by atoms with Crippen molar-refractivity contribution in [3.8, 4) is 0 Å². The summed E-state index contributed by atoms with van der Waals surface area (Å²) in [6.07, 6.45) is 0. The first-order valence-electron chi connectivity index (χ1n) is 4.04. The van der Waals surface area contributed by atoms with Crippen molar-refractivity contribution in [2.45, 2.75) is 0 Å². The fourth-order valence-corrected chi connectivity index (χ4v) is 2.74. The fourth-order valence-electron chi connectivity index (χ4n) is 1.22. The minimum absolute atomic E-state index is 0.847. The lowest BCUT2D eigenvalue weighted by atomic mass is 10.2. The van der Waals surface area contributed by atoms with Gasteiger partial charge in [-0.3, -0.25) is 0 Å². The Morgan fingerprint density at radius 3 is 2.85 bits per heavy atom. The van der Waals surface area contributed by atoms with Crippen molar-refractivity contribution in [2.75, 3.05) is 5.33 Å². The van der Waals surface area contributed by atoms with Crippen LogP contribution in [-0.4, -0.2) is 5.33 Å². The van der Waals surface area contributed by atoms with Gasteiger partial charge in [0.1, 0.15) is 0 Å². The van der Waals surface area contributed by atoms with Crippen molar-refractivity contribution in [1.29, 1.82) is 0 Å². The third-order valence-electron chi connectivity index (χ3n) is 1.94. The normalized spacial score (nSPS) is 10.5. The molecule has 1 aromatic carbocycles. The van der Waals surface area contributed by atoms with Crippen LogP contribution >= 0.6 is 27.3 Å². The highest BCUT2D eigenvalue weighted by atomic mass is 79.9. The standard InChI is InChI=1S/C11H9BrS/c1-8(7-12)11-6-9-4-2-3-5-10(9)13-11/h2-6H,1,7H2. The number of hydrogen-bond donors (Lipinski definition) is 0. The van der Waals surface area contributed by atoms with E-state index in [0.717, 1.165) is 10.9 Å². The maximum Gasteiger partial charge on any atom is 0.0349 e. The molecule has 0 aliphatic heterocycles. The predicted molar refractivity (Wildman–Crippen MR) is 64.7 cm³/mol. The van der Waals surface area contributed by atoms with Gasteiger partial charge in [-0.15, -0.1) is 11.3 Å². The highest BCUT2D eigenvalue weighted by Crippen LogP contribution is 2.30. The minimum atomic E-state index is 0.847. The van der Waals surface area contributed by atoms with E-state index in [-0.39, 0.29) is 0 Å². The molecule has 0 unspecified atom stereocenters. The zero-order valence-corrected chi connectivity index (χ0v) is 9.49. The third-order valence-corrected chi connectivity index (χ3v) is 3.83. The van der Waals surface area contributed by atoms with E-state index in [1.807, 2.05) is 0 Å². The molecule has 2 heteroatoms. The van der Waals surface area contributed by atoms with Gasteiger partial charge in [0.05, 0.1) is 0 Å². The molecular formula is C11H9BrS. The smallest absolute Gasteiger partial charge is 0.0349 e. The van der Waals surface area contributed by atoms with Gasteiger partial charge < -0.3 is 0 Å². The van der Waals surface area contributed by atoms with Gasteiger partial charge in [0.25, 0.3) is 0 Å². The molecule has 1 heterocycles. The summed E-state index contributed by atoms with van der Waals surface area (Å²) in [5.41, 5.74) is 1.15. The van der Waals surface area contributed by atoms with Gasteiger partial charge in [-0.1, -0.05) is 40.7 Å². The minimum Gasteiger partial charge on any atom is -0.136 e. The van der Waals surface area contributed by atoms with Crippen LogP contribution in [0.15, 0.2) is 36.9 Å². The number of fused-ring (bicyclic) bond motifs is 1. The second-order valence-corrected chi connectivity index (χ2v) is 4.53. The number of allylic oxidation sites excluding steroid dienone is 1. The summed E-state index contributed by atoms with van der Waals surface area (Å²) in [5, 5.41) is 2.16. The van der Waals surface area contributed by atoms with Crippen LogP contribution in [0.5, 0.6) is 0 Å². The second-order valence-electron chi connectivity index (χ2n) is 2.89. The molecule has 0 nitrogen and oxygen atoms in total. The molecule has 0 amide bonds.